The lowest BCUT2D eigenvalue weighted by atomic mass is 10.1. The molecule has 1 unspecified atom stereocenters. The highest BCUT2D eigenvalue weighted by Crippen LogP contribution is 2.38. The van der Waals surface area contributed by atoms with Gasteiger partial charge in [-0.2, -0.15) is 0 Å². The van der Waals surface area contributed by atoms with Crippen molar-refractivity contribution < 1.29 is 18.7 Å². The van der Waals surface area contributed by atoms with E-state index < -0.39 is 23.5 Å². The van der Waals surface area contributed by atoms with Crippen LogP contribution in [0.5, 0.6) is 0 Å². The molecule has 3 rings (SSSR count). The first-order valence-electron chi connectivity index (χ1n) is 6.45. The molecule has 1 aliphatic carbocycles. The summed E-state index contributed by atoms with van der Waals surface area (Å²) >= 11 is 1.39. The van der Waals surface area contributed by atoms with E-state index in [-0.39, 0.29) is 6.54 Å². The highest BCUT2D eigenvalue weighted by molar-refractivity contribution is 7.15. The lowest BCUT2D eigenvalue weighted by Crippen LogP contribution is -2.09. The van der Waals surface area contributed by atoms with Crippen LogP contribution in [0.15, 0.2) is 18.2 Å². The van der Waals surface area contributed by atoms with Gasteiger partial charge < -0.3 is 10.4 Å². The number of aliphatic carboxylic acids is 1. The van der Waals surface area contributed by atoms with Gasteiger partial charge in [-0.25, -0.2) is 13.8 Å². The number of hydrogen-bond donors (Lipinski definition) is 2. The Labute approximate surface area is 123 Å². The summed E-state index contributed by atoms with van der Waals surface area (Å²) in [4.78, 5) is 16.3. The van der Waals surface area contributed by atoms with Gasteiger partial charge in [0.1, 0.15) is 17.6 Å². The highest BCUT2D eigenvalue weighted by Gasteiger charge is 2.32. The van der Waals surface area contributed by atoms with Crippen molar-refractivity contribution in [3.05, 3.63) is 46.0 Å². The van der Waals surface area contributed by atoms with Crippen molar-refractivity contribution in [2.24, 2.45) is 0 Å². The molecule has 1 aromatic heterocycles. The number of anilines is 1. The number of carbonyl (C=O) groups is 1. The maximum absolute atomic E-state index is 13.5. The van der Waals surface area contributed by atoms with Crippen molar-refractivity contribution in [2.75, 3.05) is 5.32 Å². The van der Waals surface area contributed by atoms with Gasteiger partial charge in [0.15, 0.2) is 5.13 Å². The summed E-state index contributed by atoms with van der Waals surface area (Å²) in [5.74, 6) is -2.65. The zero-order valence-electron chi connectivity index (χ0n) is 10.9. The Morgan fingerprint density at radius 2 is 2.29 bits per heavy atom. The summed E-state index contributed by atoms with van der Waals surface area (Å²) in [6.07, 6.45) is 1.28. The molecular formula is C14H12F2N2O2S. The number of carboxylic acid groups (broad SMARTS) is 1. The van der Waals surface area contributed by atoms with E-state index in [1.54, 1.807) is 0 Å². The average Bonchev–Trinajstić information content (AvgIpc) is 2.96. The molecule has 7 heteroatoms. The number of carboxylic acids is 1. The van der Waals surface area contributed by atoms with E-state index in [0.717, 1.165) is 10.9 Å². The molecule has 0 fully saturated rings. The van der Waals surface area contributed by atoms with Gasteiger partial charge in [0.05, 0.1) is 5.69 Å². The van der Waals surface area contributed by atoms with Crippen LogP contribution in [0.25, 0.3) is 0 Å². The Hall–Kier alpha value is -2.02. The number of hydrogen-bond acceptors (Lipinski definition) is 4. The minimum absolute atomic E-state index is 0.177. The van der Waals surface area contributed by atoms with Gasteiger partial charge in [-0.1, -0.05) is 6.07 Å². The van der Waals surface area contributed by atoms with Crippen LogP contribution in [0.4, 0.5) is 13.9 Å². The summed E-state index contributed by atoms with van der Waals surface area (Å²) in [7, 11) is 0. The van der Waals surface area contributed by atoms with E-state index >= 15 is 0 Å². The Balaban J connectivity index is 1.72. The molecule has 110 valence electrons. The molecule has 0 spiro atoms. The molecule has 0 saturated heterocycles. The average molecular weight is 310 g/mol. The van der Waals surface area contributed by atoms with Crippen LogP contribution < -0.4 is 5.32 Å². The van der Waals surface area contributed by atoms with Crippen molar-refractivity contribution in [3.8, 4) is 0 Å². The van der Waals surface area contributed by atoms with Gasteiger partial charge in [0.2, 0.25) is 0 Å². The zero-order valence-corrected chi connectivity index (χ0v) is 11.7. The first kappa shape index (κ1) is 13.9. The highest BCUT2D eigenvalue weighted by atomic mass is 32.1. The summed E-state index contributed by atoms with van der Waals surface area (Å²) < 4.78 is 26.3. The number of benzene rings is 1. The van der Waals surface area contributed by atoms with Crippen LogP contribution in [0.3, 0.4) is 0 Å². The maximum Gasteiger partial charge on any atom is 0.312 e. The second-order valence-corrected chi connectivity index (χ2v) is 5.93. The number of nitrogens with zero attached hydrogens (tertiary/aromatic N) is 1. The number of aryl methyl sites for hydroxylation is 1. The number of thiazole rings is 1. The molecule has 21 heavy (non-hydrogen) atoms. The van der Waals surface area contributed by atoms with Gasteiger partial charge in [-0.3, -0.25) is 4.79 Å². The summed E-state index contributed by atoms with van der Waals surface area (Å²) in [5.41, 5.74) is 0.941. The van der Waals surface area contributed by atoms with E-state index in [1.165, 1.54) is 23.5 Å². The van der Waals surface area contributed by atoms with Crippen LogP contribution >= 0.6 is 11.3 Å². The van der Waals surface area contributed by atoms with E-state index in [1.807, 2.05) is 0 Å². The smallest absolute Gasteiger partial charge is 0.312 e. The maximum atomic E-state index is 13.5. The number of aromatic nitrogens is 1. The predicted molar refractivity (Wildman–Crippen MR) is 74.5 cm³/mol. The van der Waals surface area contributed by atoms with E-state index in [9.17, 15) is 13.6 Å². The quantitative estimate of drug-likeness (QED) is 0.910. The fourth-order valence-corrected chi connectivity index (χ4v) is 3.41. The minimum atomic E-state index is -0.866. The van der Waals surface area contributed by atoms with Crippen molar-refractivity contribution >= 4 is 22.4 Å². The van der Waals surface area contributed by atoms with Crippen LogP contribution in [0, 0.1) is 11.6 Å². The molecule has 1 aliphatic rings. The topological polar surface area (TPSA) is 62.2 Å². The summed E-state index contributed by atoms with van der Waals surface area (Å²) in [6, 6.07) is 3.40. The SMILES string of the molecule is O=C(O)C1CCc2sc(NCc3ccc(F)cc3F)nc21. The van der Waals surface area contributed by atoms with Crippen molar-refractivity contribution in [3.63, 3.8) is 0 Å². The predicted octanol–water partition coefficient (Wildman–Crippen LogP) is 3.15. The van der Waals surface area contributed by atoms with E-state index in [0.29, 0.717) is 29.2 Å². The standard InChI is InChI=1S/C14H12F2N2O2S/c15-8-2-1-7(10(16)5-8)6-17-14-18-12-9(13(19)20)3-4-11(12)21-14/h1-2,5,9H,3-4,6H2,(H,17,18)(H,19,20). The first-order chi connectivity index (χ1) is 10.0. The first-order valence-corrected chi connectivity index (χ1v) is 7.26. The van der Waals surface area contributed by atoms with E-state index in [4.69, 9.17) is 5.11 Å². The molecule has 1 aromatic carbocycles. The van der Waals surface area contributed by atoms with Crippen LogP contribution in [-0.4, -0.2) is 16.1 Å². The lowest BCUT2D eigenvalue weighted by Gasteiger charge is -2.05. The zero-order chi connectivity index (χ0) is 15.0. The molecule has 1 atom stereocenters. The monoisotopic (exact) mass is 310 g/mol. The number of halogens is 2. The number of fused-ring (bicyclic) bond motifs is 1. The van der Waals surface area contributed by atoms with Crippen LogP contribution in [0.1, 0.15) is 28.5 Å². The van der Waals surface area contributed by atoms with Crippen molar-refractivity contribution in [1.82, 2.24) is 4.98 Å². The lowest BCUT2D eigenvalue weighted by molar-refractivity contribution is -0.138. The van der Waals surface area contributed by atoms with Gasteiger partial charge in [0, 0.05) is 23.1 Å². The molecular weight excluding hydrogens is 298 g/mol. The van der Waals surface area contributed by atoms with Gasteiger partial charge in [-0.05, 0) is 18.9 Å². The van der Waals surface area contributed by atoms with Gasteiger partial charge in [-0.15, -0.1) is 11.3 Å². The Morgan fingerprint density at radius 3 is 3.00 bits per heavy atom. The van der Waals surface area contributed by atoms with Crippen molar-refractivity contribution in [2.45, 2.75) is 25.3 Å². The number of nitrogens with one attached hydrogen (secondary N) is 1. The Kier molecular flexibility index (Phi) is 3.59. The third-order valence-corrected chi connectivity index (χ3v) is 4.55. The van der Waals surface area contributed by atoms with Gasteiger partial charge >= 0.3 is 5.97 Å². The Bertz CT molecular complexity index is 702. The van der Waals surface area contributed by atoms with Crippen molar-refractivity contribution in [1.29, 1.82) is 0 Å². The van der Waals surface area contributed by atoms with Crippen LogP contribution in [-0.2, 0) is 17.8 Å². The molecule has 0 saturated carbocycles. The molecule has 0 amide bonds. The fourth-order valence-electron chi connectivity index (χ4n) is 2.38. The second kappa shape index (κ2) is 5.40. The molecule has 2 aromatic rings. The minimum Gasteiger partial charge on any atom is -0.481 e. The molecule has 0 radical (unpaired) electrons. The largest absolute Gasteiger partial charge is 0.481 e. The summed E-state index contributed by atoms with van der Waals surface area (Å²) in [6.45, 7) is 0.177. The van der Waals surface area contributed by atoms with E-state index in [2.05, 4.69) is 10.3 Å². The molecule has 2 N–H and O–H groups in total. The normalized spacial score (nSPS) is 16.8. The molecule has 0 aliphatic heterocycles. The van der Waals surface area contributed by atoms with Gasteiger partial charge in [0.25, 0.3) is 0 Å². The third-order valence-electron chi connectivity index (χ3n) is 3.46. The third kappa shape index (κ3) is 2.73. The fraction of sp³-hybridized carbons (Fsp3) is 0.286. The second-order valence-electron chi connectivity index (χ2n) is 4.85. The summed E-state index contributed by atoms with van der Waals surface area (Å²) in [5, 5.41) is 12.6. The molecule has 1 heterocycles. The Morgan fingerprint density at radius 1 is 1.48 bits per heavy atom. The number of rotatable bonds is 4. The van der Waals surface area contributed by atoms with Crippen LogP contribution in [0.2, 0.25) is 0 Å². The molecule has 0 bridgehead atoms. The molecule has 4 nitrogen and oxygen atoms in total.